The van der Waals surface area contributed by atoms with Crippen molar-refractivity contribution >= 4 is 30.4 Å². The molecule has 4 rings (SSSR count). The van der Waals surface area contributed by atoms with Gasteiger partial charge in [-0.05, 0) is 34.4 Å². The molecule has 1 unspecified atom stereocenters. The van der Waals surface area contributed by atoms with Gasteiger partial charge in [0.1, 0.15) is 0 Å². The molecule has 29 heavy (non-hydrogen) atoms. The number of hydrogen-bond acceptors (Lipinski definition) is 4. The van der Waals surface area contributed by atoms with E-state index in [2.05, 4.69) is 5.32 Å². The second-order valence-electron chi connectivity index (χ2n) is 6.78. The molecule has 1 aliphatic rings. The largest absolute Gasteiger partial charge is 0.347 e. The highest BCUT2D eigenvalue weighted by Crippen LogP contribution is 2.63. The molecule has 1 N–H and O–H groups in total. The van der Waals surface area contributed by atoms with Crippen LogP contribution >= 0.6 is 7.60 Å². The minimum absolute atomic E-state index is 0.311. The summed E-state index contributed by atoms with van der Waals surface area (Å²) in [6, 6.07) is 23.0. The molecule has 1 aliphatic heterocycles. The lowest BCUT2D eigenvalue weighted by molar-refractivity contribution is -0.120. The van der Waals surface area contributed by atoms with E-state index in [1.807, 2.05) is 72.8 Å². The van der Waals surface area contributed by atoms with E-state index >= 15 is 0 Å². The van der Waals surface area contributed by atoms with E-state index in [0.29, 0.717) is 25.2 Å². The Morgan fingerprint density at radius 2 is 1.62 bits per heavy atom. The van der Waals surface area contributed by atoms with Gasteiger partial charge >= 0.3 is 7.60 Å². The summed E-state index contributed by atoms with van der Waals surface area (Å²) in [5.41, 5.74) is 0.541. The van der Waals surface area contributed by atoms with Crippen LogP contribution < -0.4 is 5.32 Å². The van der Waals surface area contributed by atoms with Gasteiger partial charge in [0, 0.05) is 6.20 Å². The van der Waals surface area contributed by atoms with Gasteiger partial charge < -0.3 is 14.4 Å². The maximum Gasteiger partial charge on any atom is 0.347 e. The van der Waals surface area contributed by atoms with E-state index in [0.717, 1.165) is 16.3 Å². The maximum atomic E-state index is 13.5. The maximum absolute atomic E-state index is 13.5. The monoisotopic (exact) mass is 407 g/mol. The summed E-state index contributed by atoms with van der Waals surface area (Å²) in [5.74, 6) is -0.418. The molecule has 1 heterocycles. The quantitative estimate of drug-likeness (QED) is 0.583. The van der Waals surface area contributed by atoms with E-state index in [-0.39, 0.29) is 0 Å². The predicted octanol–water partition coefficient (Wildman–Crippen LogP) is 5.30. The van der Waals surface area contributed by atoms with Crippen molar-refractivity contribution in [2.24, 2.45) is 0 Å². The van der Waals surface area contributed by atoms with Gasteiger partial charge in [-0.1, -0.05) is 72.8 Å². The van der Waals surface area contributed by atoms with E-state index in [1.54, 1.807) is 12.3 Å². The number of hydrogen-bond donors (Lipinski definition) is 1. The van der Waals surface area contributed by atoms with Crippen molar-refractivity contribution in [3.63, 3.8) is 0 Å². The van der Waals surface area contributed by atoms with Gasteiger partial charge in [-0.3, -0.25) is 9.36 Å². The normalized spacial score (nSPS) is 17.2. The fraction of sp³-hybridized carbons (Fsp3) is 0.174. The molecule has 3 aromatic carbocycles. The molecule has 0 aromatic heterocycles. The molecule has 1 saturated heterocycles. The minimum atomic E-state index is -3.66. The van der Waals surface area contributed by atoms with Crippen LogP contribution in [0.5, 0.6) is 0 Å². The van der Waals surface area contributed by atoms with Crippen LogP contribution in [0.4, 0.5) is 0 Å². The first-order chi connectivity index (χ1) is 14.2. The Labute approximate surface area is 169 Å². The molecule has 148 valence electrons. The van der Waals surface area contributed by atoms with Crippen LogP contribution in [-0.2, 0) is 18.4 Å². The first-order valence-electron chi connectivity index (χ1n) is 9.56. The van der Waals surface area contributed by atoms with Crippen LogP contribution in [0.15, 0.2) is 79.0 Å². The molecule has 0 radical (unpaired) electrons. The number of amides is 1. The zero-order valence-corrected chi connectivity index (χ0v) is 16.8. The molecule has 0 bridgehead atoms. The van der Waals surface area contributed by atoms with E-state index < -0.39 is 19.2 Å². The molecule has 1 atom stereocenters. The number of benzene rings is 3. The van der Waals surface area contributed by atoms with Crippen LogP contribution in [0, 0.1) is 0 Å². The van der Waals surface area contributed by atoms with Crippen molar-refractivity contribution in [3.05, 3.63) is 90.1 Å². The van der Waals surface area contributed by atoms with Crippen molar-refractivity contribution in [1.82, 2.24) is 5.32 Å². The molecule has 6 heteroatoms. The fourth-order valence-electron chi connectivity index (χ4n) is 3.44. The third-order valence-corrected chi connectivity index (χ3v) is 7.04. The first kappa shape index (κ1) is 19.6. The van der Waals surface area contributed by atoms with Gasteiger partial charge in [0.15, 0.2) is 5.66 Å². The van der Waals surface area contributed by atoms with Gasteiger partial charge in [0.25, 0.3) is 0 Å². The Bertz CT molecular complexity index is 1070. The van der Waals surface area contributed by atoms with Crippen molar-refractivity contribution < 1.29 is 18.4 Å². The standard InChI is InChI=1S/C23H22NO4P/c25-23(24-15-14-18-8-2-1-3-9-18)22(29(26)27-16-7-17-28-29)21-13-6-11-19-10-4-5-12-20(19)21/h1-6,8-15,22H,7,16-17H2,(H,24,25). The molecular weight excluding hydrogens is 385 g/mol. The SMILES string of the molecule is O=C(NC=Cc1ccccc1)C(c1cccc2ccccc12)P1(=O)OCCCO1. The van der Waals surface area contributed by atoms with Crippen LogP contribution in [0.3, 0.4) is 0 Å². The van der Waals surface area contributed by atoms with Crippen molar-refractivity contribution in [1.29, 1.82) is 0 Å². The summed E-state index contributed by atoms with van der Waals surface area (Å²) in [5, 5.41) is 4.59. The summed E-state index contributed by atoms with van der Waals surface area (Å²) < 4.78 is 24.7. The van der Waals surface area contributed by atoms with Crippen molar-refractivity contribution in [3.8, 4) is 0 Å². The topological polar surface area (TPSA) is 64.6 Å². The third-order valence-electron chi connectivity index (χ3n) is 4.81. The Kier molecular flexibility index (Phi) is 5.91. The lowest BCUT2D eigenvalue weighted by Crippen LogP contribution is -2.28. The van der Waals surface area contributed by atoms with Gasteiger partial charge in [-0.25, -0.2) is 0 Å². The van der Waals surface area contributed by atoms with Crippen LogP contribution in [0.2, 0.25) is 0 Å². The summed E-state index contributed by atoms with van der Waals surface area (Å²) in [7, 11) is -3.66. The Hall–Kier alpha value is -2.72. The minimum Gasteiger partial charge on any atom is -0.332 e. The number of carbonyl (C=O) groups excluding carboxylic acids is 1. The van der Waals surface area contributed by atoms with Crippen molar-refractivity contribution in [2.45, 2.75) is 12.1 Å². The summed E-state index contributed by atoms with van der Waals surface area (Å²) >= 11 is 0. The number of nitrogens with one attached hydrogen (secondary N) is 1. The van der Waals surface area contributed by atoms with E-state index in [9.17, 15) is 9.36 Å². The highest BCUT2D eigenvalue weighted by molar-refractivity contribution is 7.55. The highest BCUT2D eigenvalue weighted by atomic mass is 31.2. The summed E-state index contributed by atoms with van der Waals surface area (Å²) in [6.07, 6.45) is 4.00. The van der Waals surface area contributed by atoms with Crippen LogP contribution in [0.25, 0.3) is 16.8 Å². The van der Waals surface area contributed by atoms with Gasteiger partial charge in [0.05, 0.1) is 13.2 Å². The zero-order valence-electron chi connectivity index (χ0n) is 15.9. The van der Waals surface area contributed by atoms with Gasteiger partial charge in [-0.2, -0.15) is 0 Å². The van der Waals surface area contributed by atoms with Crippen molar-refractivity contribution in [2.75, 3.05) is 13.2 Å². The summed E-state index contributed by atoms with van der Waals surface area (Å²) in [6.45, 7) is 0.622. The molecule has 1 amide bonds. The average molecular weight is 407 g/mol. The Balaban J connectivity index is 1.70. The molecule has 0 saturated carbocycles. The van der Waals surface area contributed by atoms with Crippen LogP contribution in [0.1, 0.15) is 23.2 Å². The second kappa shape index (κ2) is 8.75. The molecule has 0 aliphatic carbocycles. The number of carbonyl (C=O) groups is 1. The first-order valence-corrected chi connectivity index (χ1v) is 11.2. The molecule has 0 spiro atoms. The van der Waals surface area contributed by atoms with E-state index in [4.69, 9.17) is 9.05 Å². The predicted molar refractivity (Wildman–Crippen MR) is 114 cm³/mol. The molecule has 1 fully saturated rings. The number of fused-ring (bicyclic) bond motifs is 1. The lowest BCUT2D eigenvalue weighted by atomic mass is 10.0. The zero-order chi connectivity index (χ0) is 20.1. The van der Waals surface area contributed by atoms with Crippen LogP contribution in [-0.4, -0.2) is 19.1 Å². The average Bonchev–Trinajstić information content (AvgIpc) is 2.75. The van der Waals surface area contributed by atoms with Gasteiger partial charge in [0.2, 0.25) is 5.91 Å². The summed E-state index contributed by atoms with van der Waals surface area (Å²) in [4.78, 5) is 13.2. The second-order valence-corrected chi connectivity index (χ2v) is 8.90. The molecular formula is C23H22NO4P. The van der Waals surface area contributed by atoms with Gasteiger partial charge in [-0.15, -0.1) is 0 Å². The number of rotatable bonds is 5. The highest BCUT2D eigenvalue weighted by Gasteiger charge is 2.44. The molecule has 5 nitrogen and oxygen atoms in total. The molecule has 3 aromatic rings. The van der Waals surface area contributed by atoms with E-state index in [1.165, 1.54) is 0 Å². The lowest BCUT2D eigenvalue weighted by Gasteiger charge is -2.29. The smallest absolute Gasteiger partial charge is 0.332 e. The third kappa shape index (κ3) is 4.33. The Morgan fingerprint density at radius 3 is 2.41 bits per heavy atom. The fourth-order valence-corrected chi connectivity index (χ4v) is 5.50. The Morgan fingerprint density at radius 1 is 0.931 bits per heavy atom.